The lowest BCUT2D eigenvalue weighted by atomic mass is 10.0. The van der Waals surface area contributed by atoms with Gasteiger partial charge in [-0.25, -0.2) is 0 Å². The summed E-state index contributed by atoms with van der Waals surface area (Å²) < 4.78 is 0. The molecule has 0 saturated heterocycles. The van der Waals surface area contributed by atoms with Gasteiger partial charge in [-0.3, -0.25) is 0 Å². The summed E-state index contributed by atoms with van der Waals surface area (Å²) in [6, 6.07) is 0. The first-order valence-corrected chi connectivity index (χ1v) is 13.7. The fourth-order valence-electron chi connectivity index (χ4n) is 4.09. The van der Waals surface area contributed by atoms with Crippen LogP contribution in [0.15, 0.2) is 0 Å². The molecule has 0 aromatic rings. The van der Waals surface area contributed by atoms with Crippen molar-refractivity contribution in [3.63, 3.8) is 0 Å². The van der Waals surface area contributed by atoms with Crippen molar-refractivity contribution in [2.24, 2.45) is 5.92 Å². The van der Waals surface area contributed by atoms with Gasteiger partial charge in [0.05, 0.1) is 0 Å². The second-order valence-corrected chi connectivity index (χ2v) is 10.2. The number of quaternary nitrogens is 1. The zero-order chi connectivity index (χ0) is 25.5. The van der Waals surface area contributed by atoms with Gasteiger partial charge in [0.2, 0.25) is 0 Å². The minimum atomic E-state index is -0.899. The van der Waals surface area contributed by atoms with E-state index in [1.807, 2.05) is 0 Å². The lowest BCUT2D eigenvalue weighted by Gasteiger charge is -2.23. The molecular weight excluding hydrogens is 418 g/mol. The highest BCUT2D eigenvalue weighted by atomic mass is 16.4. The van der Waals surface area contributed by atoms with Crippen molar-refractivity contribution in [3.05, 3.63) is 0 Å². The van der Waals surface area contributed by atoms with Gasteiger partial charge in [0, 0.05) is 5.97 Å². The lowest BCUT2D eigenvalue weighted by Crippen LogP contribution is -3.15. The minimum absolute atomic E-state index is 0.275. The normalized spacial score (nSPS) is 15.8. The summed E-state index contributed by atoms with van der Waals surface area (Å²) in [7, 11) is 0. The maximum atomic E-state index is 10.5. The predicted molar refractivity (Wildman–Crippen MR) is 135 cm³/mol. The number of unbranched alkanes of at least 4 members (excludes halogenated alkanes) is 12. The van der Waals surface area contributed by atoms with Gasteiger partial charge in [-0.2, -0.15) is 0 Å². The highest BCUT2D eigenvalue weighted by Gasteiger charge is 2.16. The Morgan fingerprint density at radius 2 is 0.939 bits per heavy atom. The Hall–Kier alpha value is -0.690. The summed E-state index contributed by atoms with van der Waals surface area (Å²) in [4.78, 5) is 11.6. The average Bonchev–Trinajstić information content (AvgIpc) is 2.70. The van der Waals surface area contributed by atoms with Crippen LogP contribution in [0.5, 0.6) is 0 Å². The van der Waals surface area contributed by atoms with Crippen LogP contribution in [0.2, 0.25) is 0 Å². The van der Waals surface area contributed by atoms with Crippen molar-refractivity contribution in [2.45, 2.75) is 143 Å². The molecule has 0 spiro atoms. The number of rotatable bonds is 21. The van der Waals surface area contributed by atoms with Gasteiger partial charge in [-0.15, -0.1) is 0 Å². The largest absolute Gasteiger partial charge is 0.550 e. The highest BCUT2D eigenvalue weighted by molar-refractivity contribution is 5.66. The van der Waals surface area contributed by atoms with Crippen molar-refractivity contribution in [1.82, 2.24) is 0 Å². The molecule has 33 heavy (non-hydrogen) atoms. The number of nitrogens with one attached hydrogen (secondary N) is 1. The molecule has 0 aromatic heterocycles. The molecule has 0 amide bonds. The van der Waals surface area contributed by atoms with E-state index in [2.05, 4.69) is 6.92 Å². The number of aliphatic carboxylic acids is 1. The quantitative estimate of drug-likeness (QED) is 0.191. The SMILES string of the molecule is CC(O)C[NH+](CC(C)O)CC(C)O.CCCCCCCCCCCCCCCC(C)C(=O)[O-]. The molecule has 6 nitrogen and oxygen atoms in total. The maximum Gasteiger partial charge on any atom is 0.103 e. The molecule has 0 fully saturated rings. The Morgan fingerprint density at radius 3 is 1.21 bits per heavy atom. The number of carbonyl (C=O) groups excluding carboxylic acids is 1. The van der Waals surface area contributed by atoms with Crippen LogP contribution in [0, 0.1) is 5.92 Å². The highest BCUT2D eigenvalue weighted by Crippen LogP contribution is 2.14. The number of aliphatic hydroxyl groups excluding tert-OH is 3. The fraction of sp³-hybridized carbons (Fsp3) is 0.963. The Morgan fingerprint density at radius 1 is 0.636 bits per heavy atom. The molecule has 0 rings (SSSR count). The van der Waals surface area contributed by atoms with Crippen molar-refractivity contribution < 1.29 is 30.1 Å². The number of hydrogen-bond donors (Lipinski definition) is 4. The summed E-state index contributed by atoms with van der Waals surface area (Å²) in [5, 5.41) is 38.0. The van der Waals surface area contributed by atoms with E-state index in [9.17, 15) is 9.90 Å². The summed E-state index contributed by atoms with van der Waals surface area (Å²) in [6.45, 7) is 10.8. The third-order valence-corrected chi connectivity index (χ3v) is 5.90. The molecule has 0 aliphatic carbocycles. The smallest absolute Gasteiger partial charge is 0.103 e. The molecule has 0 aliphatic heterocycles. The number of carbonyl (C=O) groups is 1. The summed E-state index contributed by atoms with van der Waals surface area (Å²) in [6.07, 6.45) is 16.9. The van der Waals surface area contributed by atoms with E-state index in [0.717, 1.165) is 17.7 Å². The van der Waals surface area contributed by atoms with Crippen LogP contribution in [-0.2, 0) is 4.79 Å². The molecule has 4 N–H and O–H groups in total. The standard InChI is InChI=1S/C18H36O2.C9H21NO3/c1-3-4-5-6-7-8-9-10-11-12-13-14-15-16-17(2)18(19)20;1-7(11)4-10(5-8(2)12)6-9(3)13/h17H,3-16H2,1-2H3,(H,19,20);7-9,11-13H,4-6H2,1-3H3. The van der Waals surface area contributed by atoms with Crippen molar-refractivity contribution in [3.8, 4) is 0 Å². The van der Waals surface area contributed by atoms with Crippen LogP contribution in [-0.4, -0.2) is 59.2 Å². The molecule has 4 atom stereocenters. The van der Waals surface area contributed by atoms with Gasteiger partial charge in [0.15, 0.2) is 0 Å². The Kier molecular flexibility index (Phi) is 25.5. The first-order valence-electron chi connectivity index (χ1n) is 13.7. The van der Waals surface area contributed by atoms with Crippen LogP contribution in [0.1, 0.15) is 125 Å². The van der Waals surface area contributed by atoms with Crippen LogP contribution in [0.25, 0.3) is 0 Å². The van der Waals surface area contributed by atoms with Crippen LogP contribution >= 0.6 is 0 Å². The topological polar surface area (TPSA) is 105 Å². The number of carboxylic acids is 1. The van der Waals surface area contributed by atoms with Crippen molar-refractivity contribution in [2.75, 3.05) is 19.6 Å². The molecule has 0 saturated carbocycles. The minimum Gasteiger partial charge on any atom is -0.550 e. The Labute approximate surface area is 204 Å². The van der Waals surface area contributed by atoms with Gasteiger partial charge < -0.3 is 30.1 Å². The molecule has 4 unspecified atom stereocenters. The fourth-order valence-corrected chi connectivity index (χ4v) is 4.09. The second-order valence-electron chi connectivity index (χ2n) is 10.2. The van der Waals surface area contributed by atoms with Gasteiger partial charge in [-0.05, 0) is 33.1 Å². The molecule has 0 bridgehead atoms. The van der Waals surface area contributed by atoms with Crippen molar-refractivity contribution >= 4 is 5.97 Å². The molecule has 200 valence electrons. The second kappa shape index (κ2) is 24.4. The van der Waals surface area contributed by atoms with E-state index in [1.54, 1.807) is 27.7 Å². The monoisotopic (exact) mass is 475 g/mol. The van der Waals surface area contributed by atoms with Gasteiger partial charge in [0.25, 0.3) is 0 Å². The van der Waals surface area contributed by atoms with E-state index in [4.69, 9.17) is 15.3 Å². The molecule has 0 aromatic carbocycles. The third kappa shape index (κ3) is 29.3. The van der Waals surface area contributed by atoms with Crippen LogP contribution in [0.3, 0.4) is 0 Å². The lowest BCUT2D eigenvalue weighted by molar-refractivity contribution is -0.908. The van der Waals surface area contributed by atoms with E-state index in [-0.39, 0.29) is 5.92 Å². The van der Waals surface area contributed by atoms with Crippen LogP contribution < -0.4 is 10.0 Å². The van der Waals surface area contributed by atoms with E-state index < -0.39 is 24.3 Å². The Bertz CT molecular complexity index is 392. The molecule has 0 aliphatic rings. The third-order valence-electron chi connectivity index (χ3n) is 5.90. The summed E-state index contributed by atoms with van der Waals surface area (Å²) >= 11 is 0. The molecular formula is C27H57NO5. The van der Waals surface area contributed by atoms with Gasteiger partial charge in [0.1, 0.15) is 37.9 Å². The van der Waals surface area contributed by atoms with E-state index >= 15 is 0 Å². The number of carboxylic acid groups (broad SMARTS) is 1. The summed E-state index contributed by atoms with van der Waals surface area (Å²) in [5.41, 5.74) is 0. The van der Waals surface area contributed by atoms with Gasteiger partial charge >= 0.3 is 0 Å². The van der Waals surface area contributed by atoms with Crippen LogP contribution in [0.4, 0.5) is 0 Å². The molecule has 0 heterocycles. The first kappa shape index (κ1) is 34.5. The van der Waals surface area contributed by atoms with E-state index in [1.165, 1.54) is 77.0 Å². The maximum absolute atomic E-state index is 10.5. The Balaban J connectivity index is 0. The predicted octanol–water partition coefficient (Wildman–Crippen LogP) is 2.87. The van der Waals surface area contributed by atoms with Crippen molar-refractivity contribution in [1.29, 1.82) is 0 Å². The zero-order valence-electron chi connectivity index (χ0n) is 22.5. The first-order chi connectivity index (χ1) is 15.6. The zero-order valence-corrected chi connectivity index (χ0v) is 22.5. The number of aliphatic hydroxyl groups is 3. The number of hydrogen-bond acceptors (Lipinski definition) is 5. The molecule has 6 heteroatoms. The van der Waals surface area contributed by atoms with Gasteiger partial charge in [-0.1, -0.05) is 97.3 Å². The molecule has 0 radical (unpaired) electrons. The van der Waals surface area contributed by atoms with E-state index in [0.29, 0.717) is 19.6 Å². The average molecular weight is 476 g/mol. The summed E-state index contributed by atoms with van der Waals surface area (Å²) in [5.74, 6) is -1.17.